The summed E-state index contributed by atoms with van der Waals surface area (Å²) < 4.78 is 33.9. The van der Waals surface area contributed by atoms with Crippen LogP contribution in [0.15, 0.2) is 12.7 Å². The summed E-state index contributed by atoms with van der Waals surface area (Å²) in [6.45, 7) is 0.516. The highest BCUT2D eigenvalue weighted by atomic mass is 31.2. The summed E-state index contributed by atoms with van der Waals surface area (Å²) in [5.41, 5.74) is 6.57. The third-order valence-electron chi connectivity index (χ3n) is 4.90. The van der Waals surface area contributed by atoms with Crippen LogP contribution in [0, 0.1) is 0 Å². The van der Waals surface area contributed by atoms with Gasteiger partial charge in [0, 0.05) is 12.8 Å². The van der Waals surface area contributed by atoms with E-state index in [0.29, 0.717) is 17.6 Å². The number of unbranched alkanes of at least 4 members (excludes halogenated alkanes) is 1. The van der Waals surface area contributed by atoms with Crippen LogP contribution in [0.4, 0.5) is 5.82 Å². The molecule has 0 aliphatic carbocycles. The van der Waals surface area contributed by atoms with Gasteiger partial charge in [0.15, 0.2) is 11.5 Å². The number of phosphoric acid groups is 1. The van der Waals surface area contributed by atoms with Crippen LogP contribution in [0.5, 0.6) is 0 Å². The normalized spacial score (nSPS) is 23.5. The fourth-order valence-corrected chi connectivity index (χ4v) is 3.90. The molecule has 0 spiro atoms. The minimum atomic E-state index is -4.56. The molecule has 0 saturated carbocycles. The SMILES string of the molecule is CCCCC(=O)OC[C@@H](O)COP(=O)(O)OC[C@H]1O[C@@H](n2cnc3c(N)ncnc32)C[C@@H]1O. The quantitative estimate of drug-likeness (QED) is 0.234. The summed E-state index contributed by atoms with van der Waals surface area (Å²) in [6, 6.07) is 0. The first kappa shape index (κ1) is 25.4. The third-order valence-corrected chi connectivity index (χ3v) is 5.86. The maximum atomic E-state index is 12.1. The molecular weight excluding hydrogens is 461 g/mol. The zero-order valence-electron chi connectivity index (χ0n) is 18.0. The summed E-state index contributed by atoms with van der Waals surface area (Å²) in [5.74, 6) is -0.269. The number of aliphatic hydroxyl groups excluding tert-OH is 2. The van der Waals surface area contributed by atoms with Crippen molar-refractivity contribution in [1.29, 1.82) is 0 Å². The van der Waals surface area contributed by atoms with E-state index in [1.54, 1.807) is 4.57 Å². The minimum absolute atomic E-state index is 0.155. The summed E-state index contributed by atoms with van der Waals surface area (Å²) >= 11 is 0. The molecule has 2 aromatic heterocycles. The molecule has 1 saturated heterocycles. The van der Waals surface area contributed by atoms with Crippen molar-refractivity contribution < 1.29 is 43.0 Å². The highest BCUT2D eigenvalue weighted by Crippen LogP contribution is 2.44. The summed E-state index contributed by atoms with van der Waals surface area (Å²) in [5, 5.41) is 20.1. The van der Waals surface area contributed by atoms with Crippen molar-refractivity contribution in [2.75, 3.05) is 25.6 Å². The number of anilines is 1. The molecule has 14 nitrogen and oxygen atoms in total. The fraction of sp³-hybridized carbons (Fsp3) is 0.667. The summed E-state index contributed by atoms with van der Waals surface area (Å²) in [7, 11) is -4.56. The van der Waals surface area contributed by atoms with E-state index >= 15 is 0 Å². The van der Waals surface area contributed by atoms with Crippen LogP contribution in [0.25, 0.3) is 11.2 Å². The van der Waals surface area contributed by atoms with E-state index in [1.165, 1.54) is 12.7 Å². The van der Waals surface area contributed by atoms with Gasteiger partial charge in [-0.15, -0.1) is 0 Å². The number of esters is 1. The number of imidazole rings is 1. The number of carbonyl (C=O) groups excluding carboxylic acids is 1. The van der Waals surface area contributed by atoms with Crippen molar-refractivity contribution in [3.05, 3.63) is 12.7 Å². The Bertz CT molecular complexity index is 989. The van der Waals surface area contributed by atoms with E-state index < -0.39 is 51.5 Å². The van der Waals surface area contributed by atoms with Crippen LogP contribution < -0.4 is 5.73 Å². The average molecular weight is 489 g/mol. The Balaban J connectivity index is 1.45. The molecule has 3 rings (SSSR count). The Hall–Kier alpha value is -2.19. The van der Waals surface area contributed by atoms with Crippen LogP contribution >= 0.6 is 7.82 Å². The Morgan fingerprint density at radius 1 is 1.36 bits per heavy atom. The van der Waals surface area contributed by atoms with Crippen molar-refractivity contribution in [2.24, 2.45) is 0 Å². The standard InChI is InChI=1S/C18H28N5O9P/c1-2-3-4-15(26)29-6-11(24)7-30-33(27,28)31-8-13-12(25)5-14(32-13)23-10-22-16-17(19)20-9-21-18(16)23/h9-14,24-25H,2-8H2,1H3,(H,27,28)(H2,19,20,21)/t11-,12+,13-,14-/m1/s1. The van der Waals surface area contributed by atoms with Gasteiger partial charge in [0.05, 0.1) is 25.6 Å². The number of nitrogens with two attached hydrogens (primary N) is 1. The van der Waals surface area contributed by atoms with Crippen LogP contribution in [0.2, 0.25) is 0 Å². The largest absolute Gasteiger partial charge is 0.472 e. The van der Waals surface area contributed by atoms with Crippen LogP contribution in [0.1, 0.15) is 38.8 Å². The Morgan fingerprint density at radius 2 is 2.15 bits per heavy atom. The summed E-state index contributed by atoms with van der Waals surface area (Å²) in [4.78, 5) is 33.4. The number of hydrogen-bond acceptors (Lipinski definition) is 12. The number of rotatable bonds is 12. The lowest BCUT2D eigenvalue weighted by Crippen LogP contribution is -2.27. The Morgan fingerprint density at radius 3 is 2.91 bits per heavy atom. The van der Waals surface area contributed by atoms with E-state index in [2.05, 4.69) is 15.0 Å². The minimum Gasteiger partial charge on any atom is -0.463 e. The van der Waals surface area contributed by atoms with Crippen molar-refractivity contribution in [3.63, 3.8) is 0 Å². The van der Waals surface area contributed by atoms with Crippen LogP contribution in [-0.2, 0) is 27.9 Å². The Labute approximate surface area is 189 Å². The number of fused-ring (bicyclic) bond motifs is 1. The number of aliphatic hydroxyl groups is 2. The monoisotopic (exact) mass is 489 g/mol. The predicted molar refractivity (Wildman–Crippen MR) is 112 cm³/mol. The van der Waals surface area contributed by atoms with Crippen molar-refractivity contribution >= 4 is 30.8 Å². The van der Waals surface area contributed by atoms with Gasteiger partial charge in [-0.05, 0) is 6.42 Å². The van der Waals surface area contributed by atoms with Gasteiger partial charge in [0.1, 0.15) is 36.9 Å². The molecule has 1 fully saturated rings. The number of hydrogen-bond donors (Lipinski definition) is 4. The van der Waals surface area contributed by atoms with Crippen molar-refractivity contribution in [1.82, 2.24) is 19.5 Å². The second-order valence-electron chi connectivity index (χ2n) is 7.52. The van der Waals surface area contributed by atoms with Gasteiger partial charge >= 0.3 is 13.8 Å². The van der Waals surface area contributed by atoms with E-state index in [4.69, 9.17) is 24.3 Å². The molecule has 5 atom stereocenters. The molecule has 1 aliphatic rings. The highest BCUT2D eigenvalue weighted by molar-refractivity contribution is 7.47. The first-order chi connectivity index (χ1) is 15.7. The molecule has 0 radical (unpaired) electrons. The third kappa shape index (κ3) is 6.90. The van der Waals surface area contributed by atoms with Gasteiger partial charge in [-0.25, -0.2) is 19.5 Å². The zero-order chi connectivity index (χ0) is 24.0. The first-order valence-electron chi connectivity index (χ1n) is 10.4. The van der Waals surface area contributed by atoms with Crippen molar-refractivity contribution in [2.45, 2.75) is 57.1 Å². The van der Waals surface area contributed by atoms with Gasteiger partial charge in [-0.3, -0.25) is 18.4 Å². The molecule has 1 aliphatic heterocycles. The highest BCUT2D eigenvalue weighted by Gasteiger charge is 2.38. The van der Waals surface area contributed by atoms with E-state index in [1.807, 2.05) is 6.92 Å². The number of ether oxygens (including phenoxy) is 2. The molecule has 2 aromatic rings. The summed E-state index contributed by atoms with van der Waals surface area (Å²) in [6.07, 6.45) is 0.716. The molecule has 15 heteroatoms. The maximum Gasteiger partial charge on any atom is 0.472 e. The molecule has 0 amide bonds. The lowest BCUT2D eigenvalue weighted by molar-refractivity contribution is -0.147. The van der Waals surface area contributed by atoms with Gasteiger partial charge in [-0.2, -0.15) is 0 Å². The number of aromatic nitrogens is 4. The molecule has 33 heavy (non-hydrogen) atoms. The van der Waals surface area contributed by atoms with Crippen LogP contribution in [-0.4, -0.2) is 78.7 Å². The van der Waals surface area contributed by atoms with Crippen molar-refractivity contribution in [3.8, 4) is 0 Å². The average Bonchev–Trinajstić information content (AvgIpc) is 3.37. The second-order valence-corrected chi connectivity index (χ2v) is 8.97. The van der Waals surface area contributed by atoms with Crippen LogP contribution in [0.3, 0.4) is 0 Å². The molecule has 1 unspecified atom stereocenters. The Kier molecular flexibility index (Phi) is 8.70. The topological polar surface area (TPSA) is 201 Å². The van der Waals surface area contributed by atoms with Gasteiger partial charge in [0.2, 0.25) is 0 Å². The smallest absolute Gasteiger partial charge is 0.463 e. The van der Waals surface area contributed by atoms with E-state index in [-0.39, 0.29) is 25.3 Å². The zero-order valence-corrected chi connectivity index (χ0v) is 18.9. The lowest BCUT2D eigenvalue weighted by Gasteiger charge is -2.19. The van der Waals surface area contributed by atoms with E-state index in [9.17, 15) is 24.5 Å². The number of nitrogen functional groups attached to an aromatic ring is 1. The predicted octanol–water partition coefficient (Wildman–Crippen LogP) is 0.285. The second kappa shape index (κ2) is 11.3. The molecule has 5 N–H and O–H groups in total. The van der Waals surface area contributed by atoms with Gasteiger partial charge in [0.25, 0.3) is 0 Å². The molecule has 0 aromatic carbocycles. The molecule has 0 bridgehead atoms. The molecular formula is C18H28N5O9P. The lowest BCUT2D eigenvalue weighted by atomic mass is 10.2. The molecule has 184 valence electrons. The van der Waals surface area contributed by atoms with Gasteiger partial charge in [-0.1, -0.05) is 13.3 Å². The number of phosphoric ester groups is 1. The first-order valence-corrected chi connectivity index (χ1v) is 11.9. The maximum absolute atomic E-state index is 12.1. The number of carbonyl (C=O) groups is 1. The fourth-order valence-electron chi connectivity index (χ4n) is 3.13. The molecule has 3 heterocycles. The van der Waals surface area contributed by atoms with E-state index in [0.717, 1.165) is 6.42 Å². The number of nitrogens with zero attached hydrogens (tertiary/aromatic N) is 4. The van der Waals surface area contributed by atoms with Gasteiger partial charge < -0.3 is 30.3 Å².